The number of carbonyl (C=O) groups is 1. The maximum absolute atomic E-state index is 10.7. The molecule has 1 atom stereocenters. The third kappa shape index (κ3) is 2.74. The highest BCUT2D eigenvalue weighted by Crippen LogP contribution is 2.09. The molecule has 14 heavy (non-hydrogen) atoms. The van der Waals surface area contributed by atoms with Gasteiger partial charge in [0.05, 0.1) is 5.69 Å². The largest absolute Gasteiger partial charge is 0.480 e. The summed E-state index contributed by atoms with van der Waals surface area (Å²) < 4.78 is 0.487. The van der Waals surface area contributed by atoms with Gasteiger partial charge in [-0.3, -0.25) is 0 Å². The predicted octanol–water partition coefficient (Wildman–Crippen LogP) is 1.54. The van der Waals surface area contributed by atoms with Crippen molar-refractivity contribution in [1.29, 1.82) is 0 Å². The summed E-state index contributed by atoms with van der Waals surface area (Å²) in [7, 11) is 0. The Morgan fingerprint density at radius 3 is 3.00 bits per heavy atom. The van der Waals surface area contributed by atoms with Crippen LogP contribution in [0.3, 0.4) is 0 Å². The van der Waals surface area contributed by atoms with Gasteiger partial charge >= 0.3 is 5.97 Å². The van der Waals surface area contributed by atoms with Crippen LogP contribution >= 0.6 is 24.8 Å². The Morgan fingerprint density at radius 1 is 1.79 bits per heavy atom. The van der Waals surface area contributed by atoms with Crippen molar-refractivity contribution in [3.8, 4) is 0 Å². The highest BCUT2D eigenvalue weighted by Gasteiger charge is 2.14. The molecule has 1 aromatic rings. The normalized spacial score (nSPS) is 12.1. The van der Waals surface area contributed by atoms with Gasteiger partial charge in [-0.1, -0.05) is 12.2 Å². The van der Waals surface area contributed by atoms with E-state index in [4.69, 9.17) is 17.3 Å². The number of thiol groups is 1. The Balaban J connectivity index is 2.82. The summed E-state index contributed by atoms with van der Waals surface area (Å²) in [6, 6.07) is 2.74. The first-order valence-corrected chi connectivity index (χ1v) is 4.97. The maximum Gasteiger partial charge on any atom is 0.326 e. The first-order valence-electron chi connectivity index (χ1n) is 3.93. The van der Waals surface area contributed by atoms with Crippen LogP contribution in [-0.2, 0) is 4.79 Å². The lowest BCUT2D eigenvalue weighted by molar-refractivity contribution is -0.137. The third-order valence-corrected chi connectivity index (χ3v) is 2.33. The number of carboxylic acids is 1. The Hall–Kier alpha value is -1.01. The van der Waals surface area contributed by atoms with Crippen molar-refractivity contribution in [3.05, 3.63) is 23.0 Å². The number of aromatic nitrogens is 1. The van der Waals surface area contributed by atoms with E-state index in [-0.39, 0.29) is 5.75 Å². The van der Waals surface area contributed by atoms with Gasteiger partial charge in [0, 0.05) is 11.9 Å². The zero-order valence-electron chi connectivity index (χ0n) is 7.23. The van der Waals surface area contributed by atoms with E-state index < -0.39 is 12.0 Å². The third-order valence-electron chi connectivity index (χ3n) is 1.63. The van der Waals surface area contributed by atoms with Crippen molar-refractivity contribution in [2.75, 3.05) is 11.1 Å². The van der Waals surface area contributed by atoms with Crippen LogP contribution in [0.25, 0.3) is 0 Å². The SMILES string of the molecule is O=C(O)[C@H](CS)Nc1ccc[nH]c1=S. The molecule has 0 radical (unpaired) electrons. The Kier molecular flexibility index (Phi) is 3.97. The first kappa shape index (κ1) is 11.1. The molecule has 1 heterocycles. The number of hydrogen-bond donors (Lipinski definition) is 4. The van der Waals surface area contributed by atoms with Crippen LogP contribution in [0, 0.1) is 4.64 Å². The molecular weight excluding hydrogens is 220 g/mol. The molecule has 1 aromatic heterocycles. The van der Waals surface area contributed by atoms with Crippen LogP contribution in [-0.4, -0.2) is 27.9 Å². The number of aliphatic carboxylic acids is 1. The smallest absolute Gasteiger partial charge is 0.326 e. The van der Waals surface area contributed by atoms with Gasteiger partial charge in [0.15, 0.2) is 0 Å². The van der Waals surface area contributed by atoms with Gasteiger partial charge < -0.3 is 15.4 Å². The molecule has 0 aliphatic heterocycles. The minimum atomic E-state index is -0.946. The molecule has 0 unspecified atom stereocenters. The van der Waals surface area contributed by atoms with Crippen LogP contribution in [0.15, 0.2) is 18.3 Å². The molecule has 0 aromatic carbocycles. The Morgan fingerprint density at radius 2 is 2.50 bits per heavy atom. The molecule has 0 aliphatic carbocycles. The monoisotopic (exact) mass is 230 g/mol. The van der Waals surface area contributed by atoms with E-state index in [1.807, 2.05) is 0 Å². The van der Waals surface area contributed by atoms with Gasteiger partial charge in [0.25, 0.3) is 0 Å². The summed E-state index contributed by atoms with van der Waals surface area (Å²) >= 11 is 8.90. The molecule has 0 spiro atoms. The van der Waals surface area contributed by atoms with Gasteiger partial charge in [0.2, 0.25) is 0 Å². The van der Waals surface area contributed by atoms with E-state index >= 15 is 0 Å². The Labute approximate surface area is 91.8 Å². The van der Waals surface area contributed by atoms with Crippen molar-refractivity contribution < 1.29 is 9.90 Å². The number of aromatic amines is 1. The summed E-state index contributed by atoms with van der Waals surface area (Å²) in [4.78, 5) is 13.5. The molecule has 3 N–H and O–H groups in total. The molecule has 0 bridgehead atoms. The number of anilines is 1. The fraction of sp³-hybridized carbons (Fsp3) is 0.250. The van der Waals surface area contributed by atoms with Crippen molar-refractivity contribution in [2.45, 2.75) is 6.04 Å². The molecule has 1 rings (SSSR count). The van der Waals surface area contributed by atoms with E-state index in [0.717, 1.165) is 0 Å². The Bertz CT molecular complexity index is 378. The number of pyridine rings is 1. The van der Waals surface area contributed by atoms with Crippen LogP contribution in [0.4, 0.5) is 5.69 Å². The molecular formula is C8H10N2O2S2. The van der Waals surface area contributed by atoms with Gasteiger partial charge in [-0.05, 0) is 12.1 Å². The minimum Gasteiger partial charge on any atom is -0.480 e. The standard InChI is InChI=1S/C8H10N2O2S2/c11-8(12)6(4-13)10-5-2-1-3-9-7(5)14/h1-3,6,10,13H,4H2,(H,9,14)(H,11,12)/t6-/m0/s1. The molecule has 6 heteroatoms. The second kappa shape index (κ2) is 5.02. The molecule has 0 amide bonds. The van der Waals surface area contributed by atoms with Crippen LogP contribution in [0.1, 0.15) is 0 Å². The molecule has 4 nitrogen and oxygen atoms in total. The van der Waals surface area contributed by atoms with Crippen LogP contribution < -0.4 is 5.32 Å². The number of hydrogen-bond acceptors (Lipinski definition) is 4. The fourth-order valence-corrected chi connectivity index (χ4v) is 1.35. The summed E-state index contributed by atoms with van der Waals surface area (Å²) in [5.74, 6) is -0.739. The zero-order valence-corrected chi connectivity index (χ0v) is 8.94. The molecule has 0 aliphatic rings. The molecule has 76 valence electrons. The highest BCUT2D eigenvalue weighted by molar-refractivity contribution is 7.80. The lowest BCUT2D eigenvalue weighted by Crippen LogP contribution is -2.31. The number of carboxylic acid groups (broad SMARTS) is 1. The van der Waals surface area contributed by atoms with Gasteiger partial charge in [0.1, 0.15) is 10.7 Å². The van der Waals surface area contributed by atoms with Crippen molar-refractivity contribution in [1.82, 2.24) is 4.98 Å². The zero-order chi connectivity index (χ0) is 10.6. The minimum absolute atomic E-state index is 0.207. The predicted molar refractivity (Wildman–Crippen MR) is 60.5 cm³/mol. The van der Waals surface area contributed by atoms with Crippen molar-refractivity contribution >= 4 is 36.5 Å². The second-order valence-electron chi connectivity index (χ2n) is 2.63. The summed E-state index contributed by atoms with van der Waals surface area (Å²) in [6.07, 6.45) is 1.68. The lowest BCUT2D eigenvalue weighted by atomic mass is 10.3. The van der Waals surface area contributed by atoms with Crippen LogP contribution in [0.2, 0.25) is 0 Å². The summed E-state index contributed by atoms with van der Waals surface area (Å²) in [5.41, 5.74) is 0.601. The molecule has 0 fully saturated rings. The van der Waals surface area contributed by atoms with Crippen LogP contribution in [0.5, 0.6) is 0 Å². The lowest BCUT2D eigenvalue weighted by Gasteiger charge is -2.12. The summed E-state index contributed by atoms with van der Waals surface area (Å²) in [5, 5.41) is 11.6. The van der Waals surface area contributed by atoms with Crippen molar-refractivity contribution in [3.63, 3.8) is 0 Å². The highest BCUT2D eigenvalue weighted by atomic mass is 32.1. The number of rotatable bonds is 4. The van der Waals surface area contributed by atoms with E-state index in [9.17, 15) is 4.79 Å². The molecule has 0 saturated carbocycles. The topological polar surface area (TPSA) is 65.1 Å². The average Bonchev–Trinajstić information content (AvgIpc) is 2.16. The maximum atomic E-state index is 10.7. The van der Waals surface area contributed by atoms with E-state index in [0.29, 0.717) is 10.3 Å². The average molecular weight is 230 g/mol. The summed E-state index contributed by atoms with van der Waals surface area (Å²) in [6.45, 7) is 0. The van der Waals surface area contributed by atoms with Gasteiger partial charge in [-0.15, -0.1) is 0 Å². The van der Waals surface area contributed by atoms with E-state index in [1.54, 1.807) is 18.3 Å². The fourth-order valence-electron chi connectivity index (χ4n) is 0.908. The number of H-pyrrole nitrogens is 1. The van der Waals surface area contributed by atoms with E-state index in [1.165, 1.54) is 0 Å². The van der Waals surface area contributed by atoms with Crippen molar-refractivity contribution in [2.24, 2.45) is 0 Å². The van der Waals surface area contributed by atoms with Gasteiger partial charge in [-0.25, -0.2) is 4.79 Å². The second-order valence-corrected chi connectivity index (χ2v) is 3.40. The van der Waals surface area contributed by atoms with Gasteiger partial charge in [-0.2, -0.15) is 12.6 Å². The first-order chi connectivity index (χ1) is 6.65. The van der Waals surface area contributed by atoms with E-state index in [2.05, 4.69) is 22.9 Å². The number of nitrogens with one attached hydrogen (secondary N) is 2. The quantitative estimate of drug-likeness (QED) is 0.468. The molecule has 0 saturated heterocycles.